The lowest BCUT2D eigenvalue weighted by Crippen LogP contribution is -2.10. The van der Waals surface area contributed by atoms with Crippen LogP contribution in [0, 0.1) is 0 Å². The number of para-hydroxylation sites is 1. The molecule has 7 heteroatoms. The summed E-state index contributed by atoms with van der Waals surface area (Å²) in [6.45, 7) is 0. The maximum Gasteiger partial charge on any atom is 0.259 e. The fourth-order valence-corrected chi connectivity index (χ4v) is 2.93. The predicted octanol–water partition coefficient (Wildman–Crippen LogP) is 2.68. The Hall–Kier alpha value is -3.74. The first-order chi connectivity index (χ1) is 12.6. The number of fused-ring (bicyclic) bond motifs is 1. The van der Waals surface area contributed by atoms with E-state index in [1.165, 1.54) is 6.20 Å². The molecule has 2 aromatic heterocycles. The molecule has 0 amide bonds. The van der Waals surface area contributed by atoms with Gasteiger partial charge in [0.05, 0.1) is 29.9 Å². The molecule has 0 saturated heterocycles. The van der Waals surface area contributed by atoms with Crippen LogP contribution in [-0.2, 0) is 0 Å². The Morgan fingerprint density at radius 2 is 2.00 bits per heavy atom. The number of H-pyrrole nitrogens is 1. The number of ether oxygens (including phenoxy) is 1. The normalized spacial score (nSPS) is 11.0. The Balaban J connectivity index is 1.91. The Morgan fingerprint density at radius 3 is 2.81 bits per heavy atom. The van der Waals surface area contributed by atoms with Crippen LogP contribution in [0.15, 0.2) is 59.5 Å². The molecular weight excluding hydrogens is 332 g/mol. The van der Waals surface area contributed by atoms with Crippen LogP contribution in [0.5, 0.6) is 11.5 Å². The Bertz CT molecular complexity index is 1180. The SMILES string of the molecule is COc1cccc(-n2cc(O)c(-c3nc4ccccc4c(=O)[nH]3)c2N)c1. The average molecular weight is 348 g/mol. The predicted molar refractivity (Wildman–Crippen MR) is 99.8 cm³/mol. The third kappa shape index (κ3) is 2.46. The van der Waals surface area contributed by atoms with Gasteiger partial charge in [0, 0.05) is 6.07 Å². The summed E-state index contributed by atoms with van der Waals surface area (Å²) in [7, 11) is 1.57. The molecule has 0 fully saturated rings. The zero-order valence-corrected chi connectivity index (χ0v) is 13.9. The summed E-state index contributed by atoms with van der Waals surface area (Å²) in [5, 5.41) is 10.9. The molecule has 0 atom stereocenters. The first-order valence-electron chi connectivity index (χ1n) is 7.92. The van der Waals surface area contributed by atoms with Gasteiger partial charge in [-0.25, -0.2) is 4.98 Å². The number of nitrogens with zero attached hydrogens (tertiary/aromatic N) is 2. The van der Waals surface area contributed by atoms with Crippen LogP contribution >= 0.6 is 0 Å². The van der Waals surface area contributed by atoms with Crippen LogP contribution in [-0.4, -0.2) is 26.8 Å². The van der Waals surface area contributed by atoms with Crippen molar-refractivity contribution in [1.82, 2.24) is 14.5 Å². The summed E-state index contributed by atoms with van der Waals surface area (Å²) in [6.07, 6.45) is 1.48. The fraction of sp³-hybridized carbons (Fsp3) is 0.0526. The minimum Gasteiger partial charge on any atom is -0.505 e. The highest BCUT2D eigenvalue weighted by Gasteiger charge is 2.19. The van der Waals surface area contributed by atoms with Crippen LogP contribution < -0.4 is 16.0 Å². The van der Waals surface area contributed by atoms with Gasteiger partial charge >= 0.3 is 0 Å². The molecule has 7 nitrogen and oxygen atoms in total. The number of aromatic amines is 1. The topological polar surface area (TPSA) is 106 Å². The third-order valence-electron chi connectivity index (χ3n) is 4.20. The number of methoxy groups -OCH3 is 1. The lowest BCUT2D eigenvalue weighted by atomic mass is 10.2. The maximum absolute atomic E-state index is 12.3. The highest BCUT2D eigenvalue weighted by Crippen LogP contribution is 2.36. The van der Waals surface area contributed by atoms with Gasteiger partial charge in [0.2, 0.25) is 0 Å². The number of benzene rings is 2. The number of rotatable bonds is 3. The van der Waals surface area contributed by atoms with Crippen molar-refractivity contribution in [3.63, 3.8) is 0 Å². The quantitative estimate of drug-likeness (QED) is 0.528. The van der Waals surface area contributed by atoms with E-state index in [2.05, 4.69) is 9.97 Å². The van der Waals surface area contributed by atoms with E-state index >= 15 is 0 Å². The highest BCUT2D eigenvalue weighted by atomic mass is 16.5. The van der Waals surface area contributed by atoms with E-state index < -0.39 is 0 Å². The number of hydrogen-bond donors (Lipinski definition) is 3. The summed E-state index contributed by atoms with van der Waals surface area (Å²) < 4.78 is 6.84. The van der Waals surface area contributed by atoms with Gasteiger partial charge in [-0.3, -0.25) is 9.36 Å². The summed E-state index contributed by atoms with van der Waals surface area (Å²) in [5.41, 5.74) is 7.48. The number of nitrogens with one attached hydrogen (secondary N) is 1. The largest absolute Gasteiger partial charge is 0.505 e. The zero-order chi connectivity index (χ0) is 18.3. The van der Waals surface area contributed by atoms with E-state index in [0.717, 1.165) is 0 Å². The van der Waals surface area contributed by atoms with Gasteiger partial charge in [0.25, 0.3) is 5.56 Å². The van der Waals surface area contributed by atoms with Crippen molar-refractivity contribution in [1.29, 1.82) is 0 Å². The van der Waals surface area contributed by atoms with Crippen molar-refractivity contribution in [3.8, 4) is 28.6 Å². The van der Waals surface area contributed by atoms with E-state index in [0.29, 0.717) is 22.3 Å². The van der Waals surface area contributed by atoms with E-state index in [1.807, 2.05) is 18.2 Å². The second-order valence-electron chi connectivity index (χ2n) is 5.78. The van der Waals surface area contributed by atoms with Gasteiger partial charge in [-0.15, -0.1) is 0 Å². The van der Waals surface area contributed by atoms with Crippen molar-refractivity contribution in [2.75, 3.05) is 12.8 Å². The Morgan fingerprint density at radius 1 is 1.19 bits per heavy atom. The molecule has 26 heavy (non-hydrogen) atoms. The zero-order valence-electron chi connectivity index (χ0n) is 13.9. The number of hydrogen-bond acceptors (Lipinski definition) is 5. The third-order valence-corrected chi connectivity index (χ3v) is 4.20. The molecule has 0 saturated carbocycles. The second-order valence-corrected chi connectivity index (χ2v) is 5.78. The summed E-state index contributed by atoms with van der Waals surface area (Å²) >= 11 is 0. The van der Waals surface area contributed by atoms with Crippen LogP contribution in [0.1, 0.15) is 0 Å². The number of nitrogen functional groups attached to an aromatic ring is 1. The van der Waals surface area contributed by atoms with Crippen LogP contribution in [0.2, 0.25) is 0 Å². The molecule has 0 bridgehead atoms. The van der Waals surface area contributed by atoms with Crippen LogP contribution in [0.4, 0.5) is 5.82 Å². The number of aromatic hydroxyl groups is 1. The van der Waals surface area contributed by atoms with Crippen LogP contribution in [0.25, 0.3) is 28.0 Å². The monoisotopic (exact) mass is 348 g/mol. The van der Waals surface area contributed by atoms with Gasteiger partial charge in [-0.2, -0.15) is 0 Å². The van der Waals surface area contributed by atoms with Gasteiger partial charge in [0.15, 0.2) is 0 Å². The maximum atomic E-state index is 12.3. The summed E-state index contributed by atoms with van der Waals surface area (Å²) in [6, 6.07) is 14.2. The number of anilines is 1. The molecule has 0 aliphatic carbocycles. The molecule has 0 aliphatic rings. The van der Waals surface area contributed by atoms with E-state index in [4.69, 9.17) is 10.5 Å². The van der Waals surface area contributed by atoms with Crippen LogP contribution in [0.3, 0.4) is 0 Å². The van der Waals surface area contributed by atoms with E-state index in [1.54, 1.807) is 42.0 Å². The molecule has 4 N–H and O–H groups in total. The number of aromatic nitrogens is 3. The molecule has 4 aromatic rings. The van der Waals surface area contributed by atoms with Gasteiger partial charge in [-0.1, -0.05) is 18.2 Å². The molecule has 2 aromatic carbocycles. The molecule has 2 heterocycles. The smallest absolute Gasteiger partial charge is 0.259 e. The first-order valence-corrected chi connectivity index (χ1v) is 7.92. The first kappa shape index (κ1) is 15.8. The van der Waals surface area contributed by atoms with Gasteiger partial charge in [0.1, 0.15) is 28.7 Å². The molecule has 4 rings (SSSR count). The molecule has 0 spiro atoms. The standard InChI is InChI=1S/C19H16N4O3/c1-26-12-6-4-5-11(9-12)23-10-15(24)16(17(23)20)18-21-14-8-3-2-7-13(14)19(25)22-18/h2-10,24H,20H2,1H3,(H,21,22,25). The molecule has 0 radical (unpaired) electrons. The molecule has 0 unspecified atom stereocenters. The van der Waals surface area contributed by atoms with Gasteiger partial charge < -0.3 is 20.6 Å². The molecular formula is C19H16N4O3. The van der Waals surface area contributed by atoms with Crippen molar-refractivity contribution in [2.24, 2.45) is 0 Å². The highest BCUT2D eigenvalue weighted by molar-refractivity contribution is 5.83. The lowest BCUT2D eigenvalue weighted by Gasteiger charge is -2.08. The number of nitrogens with two attached hydrogens (primary N) is 1. The summed E-state index contributed by atoms with van der Waals surface area (Å²) in [4.78, 5) is 19.4. The average Bonchev–Trinajstić information content (AvgIpc) is 2.96. The van der Waals surface area contributed by atoms with Crippen molar-refractivity contribution in [3.05, 3.63) is 65.1 Å². The molecule has 0 aliphatic heterocycles. The van der Waals surface area contributed by atoms with Gasteiger partial charge in [-0.05, 0) is 24.3 Å². The minimum atomic E-state index is -0.293. The Labute approximate surface area is 148 Å². The summed E-state index contributed by atoms with van der Waals surface area (Å²) in [5.74, 6) is 1.05. The van der Waals surface area contributed by atoms with E-state index in [9.17, 15) is 9.90 Å². The van der Waals surface area contributed by atoms with E-state index in [-0.39, 0.29) is 28.5 Å². The molecule has 130 valence electrons. The van der Waals surface area contributed by atoms with Crippen molar-refractivity contribution >= 4 is 16.7 Å². The lowest BCUT2D eigenvalue weighted by molar-refractivity contribution is 0.414. The fourth-order valence-electron chi connectivity index (χ4n) is 2.93. The van der Waals surface area contributed by atoms with Crippen molar-refractivity contribution in [2.45, 2.75) is 0 Å². The minimum absolute atomic E-state index is 0.0799. The second kappa shape index (κ2) is 5.96. The Kier molecular flexibility index (Phi) is 3.62. The van der Waals surface area contributed by atoms with Crippen molar-refractivity contribution < 1.29 is 9.84 Å².